The summed E-state index contributed by atoms with van der Waals surface area (Å²) >= 11 is 0. The average Bonchev–Trinajstić information content (AvgIpc) is 2.69. The van der Waals surface area contributed by atoms with Gasteiger partial charge in [-0.05, 0) is 37.0 Å². The van der Waals surface area contributed by atoms with Crippen molar-refractivity contribution in [3.8, 4) is 5.75 Å². The first kappa shape index (κ1) is 13.8. The predicted octanol–water partition coefficient (Wildman–Crippen LogP) is 0.997. The van der Waals surface area contributed by atoms with Gasteiger partial charge in [0.25, 0.3) is 0 Å². The van der Waals surface area contributed by atoms with Crippen LogP contribution < -0.4 is 5.73 Å². The van der Waals surface area contributed by atoms with Gasteiger partial charge in [0.1, 0.15) is 11.3 Å². The van der Waals surface area contributed by atoms with Crippen molar-refractivity contribution in [2.75, 3.05) is 13.1 Å². The van der Waals surface area contributed by atoms with Crippen molar-refractivity contribution in [3.63, 3.8) is 0 Å². The summed E-state index contributed by atoms with van der Waals surface area (Å²) in [5.74, 6) is -0.614. The Morgan fingerprint density at radius 3 is 2.47 bits per heavy atom. The summed E-state index contributed by atoms with van der Waals surface area (Å²) in [6.45, 7) is 5.43. The molecule has 1 saturated heterocycles. The molecule has 0 aromatic heterocycles. The van der Waals surface area contributed by atoms with Gasteiger partial charge in [-0.2, -0.15) is 0 Å². The van der Waals surface area contributed by atoms with E-state index in [0.717, 1.165) is 16.7 Å². The highest BCUT2D eigenvalue weighted by atomic mass is 16.4. The number of aliphatic carboxylic acids is 1. The number of hydrogen-bond donors (Lipinski definition) is 3. The van der Waals surface area contributed by atoms with Crippen LogP contribution >= 0.6 is 0 Å². The smallest absolute Gasteiger partial charge is 0.325 e. The molecular formula is C14H20N2O3. The van der Waals surface area contributed by atoms with Crippen LogP contribution in [0.3, 0.4) is 0 Å². The maximum Gasteiger partial charge on any atom is 0.325 e. The Kier molecular flexibility index (Phi) is 3.52. The zero-order valence-electron chi connectivity index (χ0n) is 11.3. The third-order valence-electron chi connectivity index (χ3n) is 3.76. The van der Waals surface area contributed by atoms with E-state index >= 15 is 0 Å². The molecule has 0 spiro atoms. The molecule has 1 aromatic rings. The number of rotatable bonds is 3. The summed E-state index contributed by atoms with van der Waals surface area (Å²) < 4.78 is 0. The van der Waals surface area contributed by atoms with Gasteiger partial charge in [-0.1, -0.05) is 12.1 Å². The van der Waals surface area contributed by atoms with Gasteiger partial charge < -0.3 is 15.9 Å². The van der Waals surface area contributed by atoms with Gasteiger partial charge in [0, 0.05) is 19.6 Å². The first-order valence-corrected chi connectivity index (χ1v) is 6.35. The standard InChI is InChI=1S/C14H20N2O3/c1-9-5-11(6-10(2)12(9)17)7-16-4-3-14(15,8-16)13(18)19/h5-6,17H,3-4,7-8,15H2,1-2H3,(H,18,19). The Morgan fingerprint density at radius 2 is 2.00 bits per heavy atom. The monoisotopic (exact) mass is 264 g/mol. The zero-order valence-corrected chi connectivity index (χ0v) is 11.3. The first-order valence-electron chi connectivity index (χ1n) is 6.35. The maximum atomic E-state index is 11.1. The number of carbonyl (C=O) groups is 1. The topological polar surface area (TPSA) is 86.8 Å². The lowest BCUT2D eigenvalue weighted by atomic mass is 10.0. The van der Waals surface area contributed by atoms with Gasteiger partial charge in [0.2, 0.25) is 0 Å². The van der Waals surface area contributed by atoms with Crippen LogP contribution in [0.2, 0.25) is 0 Å². The molecule has 19 heavy (non-hydrogen) atoms. The Hall–Kier alpha value is -1.59. The fourth-order valence-corrected chi connectivity index (χ4v) is 2.62. The molecule has 1 heterocycles. The Balaban J connectivity index is 2.10. The molecule has 5 nitrogen and oxygen atoms in total. The molecule has 0 radical (unpaired) electrons. The minimum atomic E-state index is -1.12. The van der Waals surface area contributed by atoms with Crippen molar-refractivity contribution in [1.82, 2.24) is 4.90 Å². The van der Waals surface area contributed by atoms with Crippen LogP contribution in [0.25, 0.3) is 0 Å². The van der Waals surface area contributed by atoms with Crippen LogP contribution in [-0.4, -0.2) is 39.7 Å². The molecule has 1 aliphatic rings. The molecule has 5 heteroatoms. The van der Waals surface area contributed by atoms with Gasteiger partial charge in [-0.15, -0.1) is 0 Å². The number of carboxylic acids is 1. The molecule has 1 atom stereocenters. The molecule has 1 aliphatic heterocycles. The summed E-state index contributed by atoms with van der Waals surface area (Å²) in [4.78, 5) is 13.1. The molecule has 4 N–H and O–H groups in total. The zero-order chi connectivity index (χ0) is 14.2. The van der Waals surface area contributed by atoms with Crippen LogP contribution in [0.5, 0.6) is 5.75 Å². The third kappa shape index (κ3) is 2.72. The van der Waals surface area contributed by atoms with Gasteiger partial charge in [0.15, 0.2) is 0 Å². The number of carboxylic acid groups (broad SMARTS) is 1. The van der Waals surface area contributed by atoms with Crippen molar-refractivity contribution < 1.29 is 15.0 Å². The average molecular weight is 264 g/mol. The summed E-state index contributed by atoms with van der Waals surface area (Å²) in [6, 6.07) is 3.86. The van der Waals surface area contributed by atoms with E-state index in [1.54, 1.807) is 0 Å². The van der Waals surface area contributed by atoms with E-state index in [0.29, 0.717) is 31.8 Å². The minimum absolute atomic E-state index is 0.323. The highest BCUT2D eigenvalue weighted by Crippen LogP contribution is 2.26. The van der Waals surface area contributed by atoms with Gasteiger partial charge in [-0.25, -0.2) is 0 Å². The molecule has 0 saturated carbocycles. The molecule has 0 aliphatic carbocycles. The number of aryl methyl sites for hydroxylation is 2. The second-order valence-corrected chi connectivity index (χ2v) is 5.50. The third-order valence-corrected chi connectivity index (χ3v) is 3.76. The molecule has 0 amide bonds. The number of phenolic OH excluding ortho intramolecular Hbond substituents is 1. The van der Waals surface area contributed by atoms with Crippen molar-refractivity contribution in [1.29, 1.82) is 0 Å². The van der Waals surface area contributed by atoms with Gasteiger partial charge >= 0.3 is 5.97 Å². The Bertz CT molecular complexity index is 492. The van der Waals surface area contributed by atoms with Crippen molar-refractivity contribution in [2.24, 2.45) is 5.73 Å². The number of benzene rings is 1. The molecule has 0 bridgehead atoms. The first-order chi connectivity index (χ1) is 8.82. The summed E-state index contributed by atoms with van der Waals surface area (Å²) in [6.07, 6.45) is 0.471. The normalized spacial score (nSPS) is 23.7. The fourth-order valence-electron chi connectivity index (χ4n) is 2.62. The van der Waals surface area contributed by atoms with Crippen LogP contribution in [0.15, 0.2) is 12.1 Å². The van der Waals surface area contributed by atoms with E-state index in [9.17, 15) is 9.90 Å². The minimum Gasteiger partial charge on any atom is -0.507 e. The van der Waals surface area contributed by atoms with Crippen LogP contribution in [0.4, 0.5) is 0 Å². The number of aromatic hydroxyl groups is 1. The molecular weight excluding hydrogens is 244 g/mol. The van der Waals surface area contributed by atoms with Crippen LogP contribution in [0.1, 0.15) is 23.1 Å². The molecule has 1 fully saturated rings. The SMILES string of the molecule is Cc1cc(CN2CCC(N)(C(=O)O)C2)cc(C)c1O. The summed E-state index contributed by atoms with van der Waals surface area (Å²) in [7, 11) is 0. The van der Waals surface area contributed by atoms with E-state index < -0.39 is 11.5 Å². The van der Waals surface area contributed by atoms with E-state index in [-0.39, 0.29) is 0 Å². The summed E-state index contributed by atoms with van der Waals surface area (Å²) in [5.41, 5.74) is 7.47. The highest BCUT2D eigenvalue weighted by molar-refractivity contribution is 5.79. The number of likely N-dealkylation sites (tertiary alicyclic amines) is 1. The molecule has 1 aromatic carbocycles. The largest absolute Gasteiger partial charge is 0.507 e. The second kappa shape index (κ2) is 4.83. The highest BCUT2D eigenvalue weighted by Gasteiger charge is 2.41. The van der Waals surface area contributed by atoms with E-state index in [2.05, 4.69) is 0 Å². The van der Waals surface area contributed by atoms with E-state index in [1.807, 2.05) is 30.9 Å². The Morgan fingerprint density at radius 1 is 1.42 bits per heavy atom. The second-order valence-electron chi connectivity index (χ2n) is 5.50. The van der Waals surface area contributed by atoms with Gasteiger partial charge in [0.05, 0.1) is 0 Å². The van der Waals surface area contributed by atoms with E-state index in [4.69, 9.17) is 10.8 Å². The Labute approximate surface area is 112 Å². The molecule has 1 unspecified atom stereocenters. The number of nitrogens with two attached hydrogens (primary N) is 1. The van der Waals surface area contributed by atoms with Crippen molar-refractivity contribution >= 4 is 5.97 Å². The van der Waals surface area contributed by atoms with Crippen molar-refractivity contribution in [2.45, 2.75) is 32.4 Å². The van der Waals surface area contributed by atoms with Gasteiger partial charge in [-0.3, -0.25) is 9.69 Å². The predicted molar refractivity (Wildman–Crippen MR) is 72.0 cm³/mol. The fraction of sp³-hybridized carbons (Fsp3) is 0.500. The molecule has 2 rings (SSSR count). The van der Waals surface area contributed by atoms with E-state index in [1.165, 1.54) is 0 Å². The lowest BCUT2D eigenvalue weighted by Gasteiger charge is -2.20. The van der Waals surface area contributed by atoms with Crippen LogP contribution in [-0.2, 0) is 11.3 Å². The summed E-state index contributed by atoms with van der Waals surface area (Å²) in [5, 5.41) is 18.8. The number of hydrogen-bond acceptors (Lipinski definition) is 4. The maximum absolute atomic E-state index is 11.1. The quantitative estimate of drug-likeness (QED) is 0.758. The van der Waals surface area contributed by atoms with Crippen LogP contribution in [0, 0.1) is 13.8 Å². The number of nitrogens with zero attached hydrogens (tertiary/aromatic N) is 1. The van der Waals surface area contributed by atoms with Crippen molar-refractivity contribution in [3.05, 3.63) is 28.8 Å². The molecule has 104 valence electrons. The lowest BCUT2D eigenvalue weighted by Crippen LogP contribution is -2.50. The lowest BCUT2D eigenvalue weighted by molar-refractivity contribution is -0.142. The number of phenols is 1.